The molecule has 1 N–H and O–H groups in total. The third-order valence-corrected chi connectivity index (χ3v) is 1.66. The predicted molar refractivity (Wildman–Crippen MR) is 43.5 cm³/mol. The van der Waals surface area contributed by atoms with Crippen molar-refractivity contribution in [1.29, 1.82) is 0 Å². The maximum atomic E-state index is 10.9. The zero-order chi connectivity index (χ0) is 10.4. The molecule has 0 aromatic carbocycles. The molecule has 6 heteroatoms. The zero-order valence-electron chi connectivity index (χ0n) is 7.60. The third-order valence-electron chi connectivity index (χ3n) is 1.66. The van der Waals surface area contributed by atoms with Gasteiger partial charge in [0.1, 0.15) is 19.5 Å². The van der Waals surface area contributed by atoms with Gasteiger partial charge in [0, 0.05) is 0 Å². The Morgan fingerprint density at radius 3 is 2.79 bits per heavy atom. The van der Waals surface area contributed by atoms with Gasteiger partial charge in [-0.3, -0.25) is 9.59 Å². The topological polar surface area (TPSA) is 82.1 Å². The van der Waals surface area contributed by atoms with E-state index in [1.165, 1.54) is 0 Å². The van der Waals surface area contributed by atoms with Gasteiger partial charge in [-0.15, -0.1) is 0 Å². The quantitative estimate of drug-likeness (QED) is 0.623. The van der Waals surface area contributed by atoms with E-state index in [0.717, 1.165) is 0 Å². The maximum absolute atomic E-state index is 10.9. The maximum Gasteiger partial charge on any atom is 0.306 e. The molecule has 0 aromatic heterocycles. The van der Waals surface area contributed by atoms with Gasteiger partial charge >= 0.3 is 11.9 Å². The van der Waals surface area contributed by atoms with E-state index in [-0.39, 0.29) is 32.3 Å². The van der Waals surface area contributed by atoms with Gasteiger partial charge < -0.3 is 19.3 Å². The van der Waals surface area contributed by atoms with E-state index in [1.807, 2.05) is 0 Å². The number of carboxylic acid groups (broad SMARTS) is 1. The van der Waals surface area contributed by atoms with Crippen LogP contribution in [0.3, 0.4) is 0 Å². The number of hydrogen-bond donors (Lipinski definition) is 1. The van der Waals surface area contributed by atoms with Crippen LogP contribution in [0.1, 0.15) is 12.8 Å². The number of rotatable bonds is 5. The molecular weight excluding hydrogens is 192 g/mol. The lowest BCUT2D eigenvalue weighted by Crippen LogP contribution is -2.20. The Kier molecular flexibility index (Phi) is 4.34. The molecule has 1 aliphatic rings. The molecule has 1 aliphatic heterocycles. The first-order chi connectivity index (χ1) is 6.68. The molecule has 1 unspecified atom stereocenters. The van der Waals surface area contributed by atoms with Crippen LogP contribution in [0.25, 0.3) is 0 Å². The molecular formula is C8H12O6. The minimum Gasteiger partial charge on any atom is -0.481 e. The fourth-order valence-corrected chi connectivity index (χ4v) is 0.935. The van der Waals surface area contributed by atoms with Crippen molar-refractivity contribution in [3.63, 3.8) is 0 Å². The van der Waals surface area contributed by atoms with Crippen molar-refractivity contribution in [2.24, 2.45) is 0 Å². The highest BCUT2D eigenvalue weighted by Crippen LogP contribution is 2.04. The normalized spacial score (nSPS) is 20.7. The van der Waals surface area contributed by atoms with Crippen molar-refractivity contribution in [3.05, 3.63) is 0 Å². The number of carbonyl (C=O) groups is 2. The highest BCUT2D eigenvalue weighted by molar-refractivity contribution is 5.76. The Balaban J connectivity index is 2.05. The molecule has 0 radical (unpaired) electrons. The Bertz CT molecular complexity index is 208. The van der Waals surface area contributed by atoms with Gasteiger partial charge in [-0.25, -0.2) is 0 Å². The first-order valence-corrected chi connectivity index (χ1v) is 4.25. The molecule has 1 atom stereocenters. The van der Waals surface area contributed by atoms with Gasteiger partial charge in [0.15, 0.2) is 0 Å². The van der Waals surface area contributed by atoms with Crippen LogP contribution in [-0.4, -0.2) is 43.2 Å². The molecule has 0 aromatic rings. The van der Waals surface area contributed by atoms with Gasteiger partial charge in [0.05, 0.1) is 19.4 Å². The van der Waals surface area contributed by atoms with Crippen molar-refractivity contribution >= 4 is 11.9 Å². The smallest absolute Gasteiger partial charge is 0.306 e. The van der Waals surface area contributed by atoms with Crippen LogP contribution in [0.5, 0.6) is 0 Å². The summed E-state index contributed by atoms with van der Waals surface area (Å²) in [6.45, 7) is 0.752. The van der Waals surface area contributed by atoms with Crippen LogP contribution >= 0.6 is 0 Å². The highest BCUT2D eigenvalue weighted by Gasteiger charge is 2.18. The second kappa shape index (κ2) is 5.56. The lowest BCUT2D eigenvalue weighted by atomic mass is 10.3. The zero-order valence-corrected chi connectivity index (χ0v) is 7.60. The van der Waals surface area contributed by atoms with Gasteiger partial charge in [-0.2, -0.15) is 0 Å². The molecule has 0 spiro atoms. The summed E-state index contributed by atoms with van der Waals surface area (Å²) in [7, 11) is 0. The molecule has 80 valence electrons. The molecule has 0 bridgehead atoms. The molecule has 6 nitrogen and oxygen atoms in total. The van der Waals surface area contributed by atoms with E-state index in [4.69, 9.17) is 19.3 Å². The average Bonchev–Trinajstić information content (AvgIpc) is 2.63. The van der Waals surface area contributed by atoms with E-state index in [2.05, 4.69) is 0 Å². The molecule has 1 fully saturated rings. The van der Waals surface area contributed by atoms with Crippen LogP contribution in [0.2, 0.25) is 0 Å². The number of carbonyl (C=O) groups excluding carboxylic acids is 1. The molecule has 14 heavy (non-hydrogen) atoms. The van der Waals surface area contributed by atoms with E-state index < -0.39 is 11.9 Å². The highest BCUT2D eigenvalue weighted by atomic mass is 16.7. The number of ether oxygens (including phenoxy) is 3. The number of aliphatic carboxylic acids is 1. The number of hydrogen-bond acceptors (Lipinski definition) is 5. The fraction of sp³-hybridized carbons (Fsp3) is 0.750. The standard InChI is InChI=1S/C8H12O6/c9-7(10)1-2-8(11)13-4-6-3-12-5-14-6/h6H,1-5H2,(H,9,10). The summed E-state index contributed by atoms with van der Waals surface area (Å²) >= 11 is 0. The van der Waals surface area contributed by atoms with Crippen LogP contribution in [0.15, 0.2) is 0 Å². The van der Waals surface area contributed by atoms with Gasteiger partial charge in [-0.05, 0) is 0 Å². The van der Waals surface area contributed by atoms with E-state index >= 15 is 0 Å². The van der Waals surface area contributed by atoms with Crippen LogP contribution < -0.4 is 0 Å². The Hall–Kier alpha value is -1.14. The van der Waals surface area contributed by atoms with Crippen molar-refractivity contribution < 1.29 is 28.9 Å². The number of carboxylic acids is 1. The summed E-state index contributed by atoms with van der Waals surface area (Å²) in [6.07, 6.45) is -0.534. The molecule has 0 amide bonds. The van der Waals surface area contributed by atoms with Crippen LogP contribution in [-0.2, 0) is 23.8 Å². The Morgan fingerprint density at radius 1 is 1.43 bits per heavy atom. The van der Waals surface area contributed by atoms with Crippen LogP contribution in [0.4, 0.5) is 0 Å². The first-order valence-electron chi connectivity index (χ1n) is 4.25. The van der Waals surface area contributed by atoms with Crippen molar-refractivity contribution in [3.8, 4) is 0 Å². The first kappa shape index (κ1) is 10.9. The van der Waals surface area contributed by atoms with Crippen molar-refractivity contribution in [2.75, 3.05) is 20.0 Å². The third kappa shape index (κ3) is 4.20. The number of esters is 1. The Labute approximate surface area is 80.7 Å². The second-order valence-electron chi connectivity index (χ2n) is 2.85. The lowest BCUT2D eigenvalue weighted by Gasteiger charge is -2.07. The average molecular weight is 204 g/mol. The van der Waals surface area contributed by atoms with Crippen molar-refractivity contribution in [1.82, 2.24) is 0 Å². The minimum atomic E-state index is -1.01. The van der Waals surface area contributed by atoms with Crippen LogP contribution in [0, 0.1) is 0 Å². The van der Waals surface area contributed by atoms with E-state index in [1.54, 1.807) is 0 Å². The SMILES string of the molecule is O=C(O)CCC(=O)OCC1COCO1. The summed E-state index contributed by atoms with van der Waals surface area (Å²) in [5, 5.41) is 8.29. The van der Waals surface area contributed by atoms with Gasteiger partial charge in [-0.1, -0.05) is 0 Å². The minimum absolute atomic E-state index is 0.108. The molecule has 1 heterocycles. The monoisotopic (exact) mass is 204 g/mol. The molecule has 0 aliphatic carbocycles. The van der Waals surface area contributed by atoms with Crippen molar-refractivity contribution in [2.45, 2.75) is 18.9 Å². The molecule has 1 saturated heterocycles. The summed E-state index contributed by atoms with van der Waals surface area (Å²) in [4.78, 5) is 21.0. The summed E-state index contributed by atoms with van der Waals surface area (Å²) in [6, 6.07) is 0. The lowest BCUT2D eigenvalue weighted by molar-refractivity contribution is -0.150. The van der Waals surface area contributed by atoms with E-state index in [9.17, 15) is 9.59 Å². The summed E-state index contributed by atoms with van der Waals surface area (Å²) in [5.41, 5.74) is 0. The van der Waals surface area contributed by atoms with Gasteiger partial charge in [0.25, 0.3) is 0 Å². The second-order valence-corrected chi connectivity index (χ2v) is 2.85. The largest absolute Gasteiger partial charge is 0.481 e. The summed E-state index contributed by atoms with van der Waals surface area (Å²) in [5.74, 6) is -1.54. The summed E-state index contributed by atoms with van der Waals surface area (Å²) < 4.78 is 14.7. The van der Waals surface area contributed by atoms with Gasteiger partial charge in [0.2, 0.25) is 0 Å². The fourth-order valence-electron chi connectivity index (χ4n) is 0.935. The molecule has 0 saturated carbocycles. The molecule has 1 rings (SSSR count). The predicted octanol–water partition coefficient (Wildman–Crippen LogP) is -0.233. The van der Waals surface area contributed by atoms with E-state index in [0.29, 0.717) is 6.61 Å². The Morgan fingerprint density at radius 2 is 2.21 bits per heavy atom.